The molecule has 1 amide bonds. The monoisotopic (exact) mass is 535 g/mol. The standard InChI is InChI=1S/C29H37N5O5/c1-4-39-25(37)18-30-28-26(20-12-14-21(15-13-20)33(2)3)32-27-22(11-8-16-34(27)28)29(38)31-23(17-24(35)36)19-9-6-5-7-10-19/h8,11-16,19,23,30H,4-7,9-10,17-18H2,1-3H3,(H,31,38)(H,35,36). The molecule has 39 heavy (non-hydrogen) atoms. The van der Waals surface area contributed by atoms with E-state index in [1.54, 1.807) is 29.7 Å². The highest BCUT2D eigenvalue weighted by Crippen LogP contribution is 2.32. The van der Waals surface area contributed by atoms with Gasteiger partial charge in [0.2, 0.25) is 0 Å². The van der Waals surface area contributed by atoms with Gasteiger partial charge >= 0.3 is 11.9 Å². The molecule has 1 aliphatic rings. The Kier molecular flexibility index (Phi) is 9.06. The van der Waals surface area contributed by atoms with Crippen LogP contribution in [0.25, 0.3) is 16.9 Å². The van der Waals surface area contributed by atoms with Crippen LogP contribution in [0.2, 0.25) is 0 Å². The number of pyridine rings is 1. The van der Waals surface area contributed by atoms with Crippen molar-refractivity contribution in [3.05, 3.63) is 48.2 Å². The summed E-state index contributed by atoms with van der Waals surface area (Å²) >= 11 is 0. The normalized spacial score (nSPS) is 14.5. The van der Waals surface area contributed by atoms with E-state index in [0.717, 1.165) is 43.4 Å². The Hall–Kier alpha value is -4.08. The van der Waals surface area contributed by atoms with Crippen LogP contribution in [0.3, 0.4) is 0 Å². The summed E-state index contributed by atoms with van der Waals surface area (Å²) in [5, 5.41) is 15.7. The minimum atomic E-state index is -0.932. The lowest BCUT2D eigenvalue weighted by molar-refractivity contribution is -0.141. The van der Waals surface area contributed by atoms with Crippen LogP contribution < -0.4 is 15.5 Å². The number of carboxylic acid groups (broad SMARTS) is 1. The van der Waals surface area contributed by atoms with Crippen LogP contribution in [-0.2, 0) is 14.3 Å². The fourth-order valence-corrected chi connectivity index (χ4v) is 5.21. The molecule has 1 fully saturated rings. The van der Waals surface area contributed by atoms with Crippen molar-refractivity contribution >= 4 is 35.0 Å². The third-order valence-electron chi connectivity index (χ3n) is 7.19. The highest BCUT2D eigenvalue weighted by atomic mass is 16.5. The number of hydrogen-bond donors (Lipinski definition) is 3. The zero-order valence-corrected chi connectivity index (χ0v) is 22.8. The number of rotatable bonds is 11. The van der Waals surface area contributed by atoms with Crippen LogP contribution in [0.15, 0.2) is 42.6 Å². The summed E-state index contributed by atoms with van der Waals surface area (Å²) < 4.78 is 6.83. The maximum Gasteiger partial charge on any atom is 0.325 e. The Morgan fingerprint density at radius 3 is 2.49 bits per heavy atom. The molecule has 10 nitrogen and oxygen atoms in total. The first-order valence-corrected chi connectivity index (χ1v) is 13.5. The first kappa shape index (κ1) is 27.9. The number of esters is 1. The van der Waals surface area contributed by atoms with E-state index >= 15 is 0 Å². The minimum absolute atomic E-state index is 0.0663. The predicted octanol–water partition coefficient (Wildman–Crippen LogP) is 4.20. The molecule has 2 heterocycles. The van der Waals surface area contributed by atoms with E-state index in [9.17, 15) is 19.5 Å². The van der Waals surface area contributed by atoms with E-state index in [-0.39, 0.29) is 31.4 Å². The Labute approximate surface area is 228 Å². The molecule has 3 N–H and O–H groups in total. The number of nitrogens with one attached hydrogen (secondary N) is 2. The van der Waals surface area contributed by atoms with Crippen molar-refractivity contribution < 1.29 is 24.2 Å². The summed E-state index contributed by atoms with van der Waals surface area (Å²) in [4.78, 5) is 44.2. The number of imidazole rings is 1. The molecule has 0 saturated heterocycles. The number of hydrogen-bond acceptors (Lipinski definition) is 7. The third kappa shape index (κ3) is 6.68. The lowest BCUT2D eigenvalue weighted by Gasteiger charge is -2.30. The number of benzene rings is 1. The summed E-state index contributed by atoms with van der Waals surface area (Å²) in [6.07, 6.45) is 6.68. The number of fused-ring (bicyclic) bond motifs is 1. The minimum Gasteiger partial charge on any atom is -0.481 e. The van der Waals surface area contributed by atoms with Crippen molar-refractivity contribution in [2.24, 2.45) is 5.92 Å². The molecule has 1 unspecified atom stereocenters. The summed E-state index contributed by atoms with van der Waals surface area (Å²) in [6.45, 7) is 1.96. The van der Waals surface area contributed by atoms with Gasteiger partial charge in [-0.2, -0.15) is 0 Å². The number of aromatic nitrogens is 2. The molecule has 3 aromatic rings. The Bertz CT molecular complexity index is 1310. The number of carbonyl (C=O) groups excluding carboxylic acids is 2. The van der Waals surface area contributed by atoms with Gasteiger partial charge in [-0.3, -0.25) is 18.8 Å². The third-order valence-corrected chi connectivity index (χ3v) is 7.19. The number of nitrogens with zero attached hydrogens (tertiary/aromatic N) is 3. The zero-order chi connectivity index (χ0) is 27.9. The van der Waals surface area contributed by atoms with E-state index < -0.39 is 18.0 Å². The molecular formula is C29H37N5O5. The molecule has 1 aromatic carbocycles. The highest BCUT2D eigenvalue weighted by molar-refractivity contribution is 6.01. The summed E-state index contributed by atoms with van der Waals surface area (Å²) in [5.41, 5.74) is 3.16. The number of aliphatic carboxylic acids is 1. The van der Waals surface area contributed by atoms with E-state index in [1.165, 1.54) is 0 Å². The summed E-state index contributed by atoms with van der Waals surface area (Å²) in [5.74, 6) is -1.02. The Morgan fingerprint density at radius 2 is 1.85 bits per heavy atom. The molecule has 4 rings (SSSR count). The number of amides is 1. The van der Waals surface area contributed by atoms with E-state index in [1.807, 2.05) is 43.3 Å². The van der Waals surface area contributed by atoms with Gasteiger partial charge in [0, 0.05) is 37.6 Å². The van der Waals surface area contributed by atoms with Gasteiger partial charge in [0.15, 0.2) is 5.65 Å². The quantitative estimate of drug-likeness (QED) is 0.312. The highest BCUT2D eigenvalue weighted by Gasteiger charge is 2.29. The van der Waals surface area contributed by atoms with E-state index in [4.69, 9.17) is 9.72 Å². The maximum absolute atomic E-state index is 13.6. The van der Waals surface area contributed by atoms with E-state index in [2.05, 4.69) is 10.6 Å². The van der Waals surface area contributed by atoms with Crippen molar-refractivity contribution in [1.82, 2.24) is 14.7 Å². The van der Waals surface area contributed by atoms with Crippen LogP contribution in [0.5, 0.6) is 0 Å². The Morgan fingerprint density at radius 1 is 1.13 bits per heavy atom. The van der Waals surface area contributed by atoms with Crippen molar-refractivity contribution in [2.75, 3.05) is 37.5 Å². The molecular weight excluding hydrogens is 498 g/mol. The number of carboxylic acids is 1. The molecule has 10 heteroatoms. The molecule has 2 aromatic heterocycles. The van der Waals surface area contributed by atoms with E-state index in [0.29, 0.717) is 22.7 Å². The lowest BCUT2D eigenvalue weighted by atomic mass is 9.82. The summed E-state index contributed by atoms with van der Waals surface area (Å²) in [7, 11) is 3.92. The number of carbonyl (C=O) groups is 3. The molecule has 1 atom stereocenters. The van der Waals surface area contributed by atoms with Crippen molar-refractivity contribution in [2.45, 2.75) is 51.5 Å². The van der Waals surface area contributed by atoms with Crippen LogP contribution in [0.1, 0.15) is 55.8 Å². The zero-order valence-electron chi connectivity index (χ0n) is 22.8. The number of anilines is 2. The molecule has 1 saturated carbocycles. The average molecular weight is 536 g/mol. The SMILES string of the molecule is CCOC(=O)CNc1c(-c2ccc(N(C)C)cc2)nc2c(C(=O)NC(CC(=O)O)C3CCCCC3)cccn12. The van der Waals surface area contributed by atoms with Crippen LogP contribution >= 0.6 is 0 Å². The van der Waals surface area contributed by atoms with Gasteiger partial charge in [0.1, 0.15) is 18.1 Å². The lowest BCUT2D eigenvalue weighted by Crippen LogP contribution is -2.42. The van der Waals surface area contributed by atoms with Gasteiger partial charge in [0.05, 0.1) is 18.6 Å². The molecule has 1 aliphatic carbocycles. The molecule has 0 radical (unpaired) electrons. The largest absolute Gasteiger partial charge is 0.481 e. The molecule has 0 bridgehead atoms. The van der Waals surface area contributed by atoms with Gasteiger partial charge in [-0.15, -0.1) is 0 Å². The summed E-state index contributed by atoms with van der Waals surface area (Å²) in [6, 6.07) is 10.8. The fraction of sp³-hybridized carbons (Fsp3) is 0.448. The van der Waals surface area contributed by atoms with Gasteiger partial charge in [0.25, 0.3) is 5.91 Å². The Balaban J connectivity index is 1.71. The second-order valence-electron chi connectivity index (χ2n) is 10.1. The molecule has 208 valence electrons. The molecule has 0 spiro atoms. The second-order valence-corrected chi connectivity index (χ2v) is 10.1. The predicted molar refractivity (Wildman–Crippen MR) is 150 cm³/mol. The van der Waals surface area contributed by atoms with Crippen LogP contribution in [0.4, 0.5) is 11.5 Å². The second kappa shape index (κ2) is 12.6. The topological polar surface area (TPSA) is 125 Å². The van der Waals surface area contributed by atoms with Crippen LogP contribution in [0, 0.1) is 5.92 Å². The van der Waals surface area contributed by atoms with Crippen LogP contribution in [-0.4, -0.2) is 65.6 Å². The van der Waals surface area contributed by atoms with Gasteiger partial charge in [-0.1, -0.05) is 31.4 Å². The smallest absolute Gasteiger partial charge is 0.325 e. The van der Waals surface area contributed by atoms with Gasteiger partial charge < -0.3 is 25.4 Å². The van der Waals surface area contributed by atoms with Crippen molar-refractivity contribution in [1.29, 1.82) is 0 Å². The molecule has 0 aliphatic heterocycles. The first-order chi connectivity index (χ1) is 18.8. The first-order valence-electron chi connectivity index (χ1n) is 13.5. The average Bonchev–Trinajstić information content (AvgIpc) is 3.30. The van der Waals surface area contributed by atoms with Gasteiger partial charge in [-0.25, -0.2) is 4.98 Å². The maximum atomic E-state index is 13.6. The van der Waals surface area contributed by atoms with Crippen molar-refractivity contribution in [3.63, 3.8) is 0 Å². The number of ether oxygens (including phenoxy) is 1. The fourth-order valence-electron chi connectivity index (χ4n) is 5.21. The van der Waals surface area contributed by atoms with Crippen molar-refractivity contribution in [3.8, 4) is 11.3 Å². The van der Waals surface area contributed by atoms with Gasteiger partial charge in [-0.05, 0) is 49.9 Å².